The van der Waals surface area contributed by atoms with E-state index in [0.29, 0.717) is 24.5 Å². The summed E-state index contributed by atoms with van der Waals surface area (Å²) in [4.78, 5) is 51.3. The van der Waals surface area contributed by atoms with Gasteiger partial charge in [0.15, 0.2) is 5.12 Å². The van der Waals surface area contributed by atoms with Crippen LogP contribution in [0.25, 0.3) is 0 Å². The first-order valence-corrected chi connectivity index (χ1v) is 10.3. The molecule has 27 heavy (non-hydrogen) atoms. The van der Waals surface area contributed by atoms with Crippen LogP contribution < -0.4 is 0 Å². The zero-order chi connectivity index (χ0) is 20.7. The maximum Gasteiger partial charge on any atom is 0.333 e. The molecule has 0 saturated carbocycles. The number of hydroxylamine groups is 2. The topological polar surface area (TPSA) is 90.0 Å². The number of hydrogen-bond acceptors (Lipinski definition) is 7. The van der Waals surface area contributed by atoms with Crippen LogP contribution in [0.5, 0.6) is 0 Å². The lowest BCUT2D eigenvalue weighted by atomic mass is 9.96. The van der Waals surface area contributed by atoms with E-state index >= 15 is 0 Å². The van der Waals surface area contributed by atoms with Crippen LogP contribution in [-0.4, -0.2) is 44.9 Å². The fraction of sp³-hybridized carbons (Fsp3) is 0.789. The molecule has 0 aliphatic carbocycles. The molecule has 0 radical (unpaired) electrons. The zero-order valence-corrected chi connectivity index (χ0v) is 17.8. The Morgan fingerprint density at radius 1 is 1.07 bits per heavy atom. The Bertz CT molecular complexity index is 565. The lowest BCUT2D eigenvalue weighted by Gasteiger charge is -2.32. The first-order valence-electron chi connectivity index (χ1n) is 9.44. The molecular weight excluding hydrogens is 370 g/mol. The van der Waals surface area contributed by atoms with Gasteiger partial charge in [0, 0.05) is 31.1 Å². The third-order valence-corrected chi connectivity index (χ3v) is 6.30. The van der Waals surface area contributed by atoms with E-state index in [4.69, 9.17) is 9.57 Å². The van der Waals surface area contributed by atoms with Gasteiger partial charge in [0.25, 0.3) is 11.8 Å². The van der Waals surface area contributed by atoms with Crippen LogP contribution in [0.15, 0.2) is 0 Å². The number of imide groups is 1. The van der Waals surface area contributed by atoms with Gasteiger partial charge in [0.2, 0.25) is 0 Å². The molecule has 1 aliphatic rings. The molecule has 8 heteroatoms. The van der Waals surface area contributed by atoms with Gasteiger partial charge in [-0.05, 0) is 39.5 Å². The van der Waals surface area contributed by atoms with Crippen molar-refractivity contribution >= 4 is 34.7 Å². The fourth-order valence-corrected chi connectivity index (χ4v) is 3.71. The van der Waals surface area contributed by atoms with Gasteiger partial charge in [0.1, 0.15) is 0 Å². The van der Waals surface area contributed by atoms with Gasteiger partial charge in [-0.1, -0.05) is 25.6 Å². The smallest absolute Gasteiger partial charge is 0.333 e. The van der Waals surface area contributed by atoms with Gasteiger partial charge in [-0.15, -0.1) is 5.06 Å². The highest BCUT2D eigenvalue weighted by atomic mass is 32.2. The van der Waals surface area contributed by atoms with Crippen LogP contribution in [-0.2, 0) is 28.8 Å². The largest absolute Gasteiger partial charge is 0.375 e. The summed E-state index contributed by atoms with van der Waals surface area (Å²) in [6.45, 7) is 10.0. The molecule has 1 fully saturated rings. The second-order valence-corrected chi connectivity index (χ2v) is 9.11. The molecule has 1 heterocycles. The minimum Gasteiger partial charge on any atom is -0.375 e. The van der Waals surface area contributed by atoms with Crippen molar-refractivity contribution in [2.24, 2.45) is 0 Å². The van der Waals surface area contributed by atoms with Gasteiger partial charge in [-0.25, -0.2) is 4.79 Å². The molecule has 0 aromatic rings. The zero-order valence-electron chi connectivity index (χ0n) is 17.0. The maximum atomic E-state index is 12.0. The summed E-state index contributed by atoms with van der Waals surface area (Å²) in [5.74, 6) is -1.58. The summed E-state index contributed by atoms with van der Waals surface area (Å²) < 4.78 is 5.87. The Morgan fingerprint density at radius 3 is 2.15 bits per heavy atom. The number of rotatable bonds is 11. The average molecular weight is 402 g/mol. The molecule has 0 N–H and O–H groups in total. The van der Waals surface area contributed by atoms with Crippen LogP contribution in [0.1, 0.15) is 79.6 Å². The average Bonchev–Trinajstić information content (AvgIpc) is 2.91. The number of amides is 2. The van der Waals surface area contributed by atoms with Crippen LogP contribution in [0, 0.1) is 0 Å². The standard InChI is InChI=1S/C19H31NO6S/c1-6-18(4,25-13-12-19(5,7-2)27-14(3)21)11-10-17(24)26-20-15(22)8-9-16(20)23/h6-13H2,1-5H3. The Labute approximate surface area is 165 Å². The lowest BCUT2D eigenvalue weighted by Crippen LogP contribution is -2.34. The summed E-state index contributed by atoms with van der Waals surface area (Å²) in [6.07, 6.45) is 2.91. The summed E-state index contributed by atoms with van der Waals surface area (Å²) in [7, 11) is 0. The molecule has 0 spiro atoms. The molecule has 7 nitrogen and oxygen atoms in total. The number of carbonyl (C=O) groups is 4. The van der Waals surface area contributed by atoms with Crippen molar-refractivity contribution in [1.29, 1.82) is 0 Å². The van der Waals surface area contributed by atoms with Crippen LogP contribution in [0.2, 0.25) is 0 Å². The Morgan fingerprint density at radius 2 is 1.67 bits per heavy atom. The van der Waals surface area contributed by atoms with Crippen molar-refractivity contribution in [2.75, 3.05) is 6.61 Å². The Balaban J connectivity index is 2.48. The van der Waals surface area contributed by atoms with Gasteiger partial charge in [0.05, 0.1) is 12.0 Å². The number of hydrogen-bond donors (Lipinski definition) is 0. The van der Waals surface area contributed by atoms with E-state index in [2.05, 4.69) is 0 Å². The van der Waals surface area contributed by atoms with E-state index in [1.165, 1.54) is 11.8 Å². The molecule has 1 rings (SSSR count). The Kier molecular flexibility index (Phi) is 8.94. The normalized spacial score (nSPS) is 18.9. The molecule has 2 unspecified atom stereocenters. The summed E-state index contributed by atoms with van der Waals surface area (Å²) in [6, 6.07) is 0. The van der Waals surface area contributed by atoms with Gasteiger partial charge >= 0.3 is 5.97 Å². The summed E-state index contributed by atoms with van der Waals surface area (Å²) in [5, 5.41) is 0.657. The van der Waals surface area contributed by atoms with Crippen molar-refractivity contribution in [1.82, 2.24) is 5.06 Å². The molecule has 1 saturated heterocycles. The summed E-state index contributed by atoms with van der Waals surface area (Å²) in [5.41, 5.74) is -0.520. The second-order valence-electron chi connectivity index (χ2n) is 7.34. The number of nitrogens with zero attached hydrogens (tertiary/aromatic N) is 1. The predicted molar refractivity (Wildman–Crippen MR) is 103 cm³/mol. The van der Waals surface area contributed by atoms with E-state index in [9.17, 15) is 19.2 Å². The van der Waals surface area contributed by atoms with Crippen LogP contribution in [0.4, 0.5) is 0 Å². The van der Waals surface area contributed by atoms with Crippen molar-refractivity contribution in [2.45, 2.75) is 89.9 Å². The third kappa shape index (κ3) is 7.62. The molecular formula is C19H31NO6S. The van der Waals surface area contributed by atoms with Gasteiger partial charge < -0.3 is 9.57 Å². The fourth-order valence-electron chi connectivity index (χ4n) is 2.68. The summed E-state index contributed by atoms with van der Waals surface area (Å²) >= 11 is 1.33. The second kappa shape index (κ2) is 10.2. The molecule has 0 aromatic heterocycles. The molecule has 0 bridgehead atoms. The SMILES string of the molecule is CCC(C)(CCC(=O)ON1C(=O)CCC1=O)OCCC(C)(CC)SC(C)=O. The van der Waals surface area contributed by atoms with Gasteiger partial charge in [-0.2, -0.15) is 0 Å². The molecule has 2 amide bonds. The van der Waals surface area contributed by atoms with E-state index in [1.54, 1.807) is 6.92 Å². The van der Waals surface area contributed by atoms with E-state index in [1.807, 2.05) is 27.7 Å². The lowest BCUT2D eigenvalue weighted by molar-refractivity contribution is -0.198. The minimum absolute atomic E-state index is 0.0502. The van der Waals surface area contributed by atoms with E-state index in [-0.39, 0.29) is 29.1 Å². The van der Waals surface area contributed by atoms with Crippen molar-refractivity contribution in [3.63, 3.8) is 0 Å². The highest BCUT2D eigenvalue weighted by molar-refractivity contribution is 8.14. The number of ether oxygens (including phenoxy) is 1. The van der Waals surface area contributed by atoms with Crippen molar-refractivity contribution in [3.8, 4) is 0 Å². The monoisotopic (exact) mass is 401 g/mol. The number of carbonyl (C=O) groups excluding carboxylic acids is 4. The first-order chi connectivity index (χ1) is 12.5. The van der Waals surface area contributed by atoms with E-state index in [0.717, 1.165) is 12.8 Å². The molecule has 154 valence electrons. The van der Waals surface area contributed by atoms with Crippen LogP contribution in [0.3, 0.4) is 0 Å². The van der Waals surface area contributed by atoms with E-state index < -0.39 is 23.4 Å². The highest BCUT2D eigenvalue weighted by Gasteiger charge is 2.34. The first kappa shape index (κ1) is 23.6. The van der Waals surface area contributed by atoms with Gasteiger partial charge in [-0.3, -0.25) is 14.4 Å². The minimum atomic E-state index is -0.618. The van der Waals surface area contributed by atoms with Crippen molar-refractivity contribution in [3.05, 3.63) is 0 Å². The van der Waals surface area contributed by atoms with Crippen molar-refractivity contribution < 1.29 is 28.8 Å². The quantitative estimate of drug-likeness (QED) is 0.490. The van der Waals surface area contributed by atoms with Crippen LogP contribution >= 0.6 is 11.8 Å². The highest BCUT2D eigenvalue weighted by Crippen LogP contribution is 2.33. The Hall–Kier alpha value is -1.41. The molecule has 0 aromatic carbocycles. The molecule has 2 atom stereocenters. The molecule has 1 aliphatic heterocycles. The predicted octanol–water partition coefficient (Wildman–Crippen LogP) is 3.40. The maximum absolute atomic E-state index is 12.0. The third-order valence-electron chi connectivity index (χ3n) is 5.02. The number of thioether (sulfide) groups is 1.